The molecular formula is C16H25NO4. The van der Waals surface area contributed by atoms with Crippen molar-refractivity contribution in [2.75, 3.05) is 26.9 Å². The maximum absolute atomic E-state index is 11.9. The monoisotopic (exact) mass is 295 g/mol. The molecule has 0 spiro atoms. The average molecular weight is 295 g/mol. The van der Waals surface area contributed by atoms with Crippen molar-refractivity contribution in [2.24, 2.45) is 5.92 Å². The van der Waals surface area contributed by atoms with E-state index in [0.717, 1.165) is 6.42 Å². The summed E-state index contributed by atoms with van der Waals surface area (Å²) >= 11 is 0. The van der Waals surface area contributed by atoms with Crippen LogP contribution in [0.2, 0.25) is 0 Å². The summed E-state index contributed by atoms with van der Waals surface area (Å²) in [6.07, 6.45) is 1.51. The number of nitrogens with one attached hydrogen (secondary N) is 1. The van der Waals surface area contributed by atoms with Gasteiger partial charge in [-0.3, -0.25) is 4.79 Å². The molecule has 118 valence electrons. The molecule has 0 heterocycles. The van der Waals surface area contributed by atoms with Gasteiger partial charge in [-0.15, -0.1) is 0 Å². The smallest absolute Gasteiger partial charge is 0.251 e. The van der Waals surface area contributed by atoms with E-state index in [1.807, 2.05) is 0 Å². The van der Waals surface area contributed by atoms with Crippen LogP contribution in [0, 0.1) is 5.92 Å². The number of carbonyl (C=O) groups excluding carboxylic acids is 1. The third kappa shape index (κ3) is 6.04. The fourth-order valence-electron chi connectivity index (χ4n) is 1.72. The number of benzene rings is 1. The van der Waals surface area contributed by atoms with Crippen LogP contribution < -0.4 is 14.8 Å². The second-order valence-corrected chi connectivity index (χ2v) is 5.23. The fraction of sp³-hybridized carbons (Fsp3) is 0.562. The molecule has 1 aromatic rings. The van der Waals surface area contributed by atoms with Crippen LogP contribution in [0.4, 0.5) is 0 Å². The molecule has 0 aliphatic carbocycles. The molecular weight excluding hydrogens is 270 g/mol. The number of amides is 1. The molecule has 1 amide bonds. The second kappa shape index (κ2) is 9.23. The van der Waals surface area contributed by atoms with Crippen molar-refractivity contribution in [1.82, 2.24) is 5.32 Å². The van der Waals surface area contributed by atoms with Gasteiger partial charge in [-0.05, 0) is 37.0 Å². The molecule has 5 heteroatoms. The number of ether oxygens (including phenoxy) is 2. The molecule has 5 nitrogen and oxygen atoms in total. The first kappa shape index (κ1) is 17.3. The molecule has 0 atom stereocenters. The zero-order chi connectivity index (χ0) is 15.7. The summed E-state index contributed by atoms with van der Waals surface area (Å²) in [5.41, 5.74) is 0.515. The maximum Gasteiger partial charge on any atom is 0.251 e. The van der Waals surface area contributed by atoms with E-state index in [1.165, 1.54) is 0 Å². The van der Waals surface area contributed by atoms with Crippen LogP contribution in [0.3, 0.4) is 0 Å². The highest BCUT2D eigenvalue weighted by Gasteiger charge is 2.11. The SMILES string of the molecule is COc1cc(C(=O)NCCCO)ccc1OCCC(C)C. The third-order valence-corrected chi connectivity index (χ3v) is 3.00. The van der Waals surface area contributed by atoms with Crippen LogP contribution in [0.1, 0.15) is 37.0 Å². The summed E-state index contributed by atoms with van der Waals surface area (Å²) in [4.78, 5) is 11.9. The van der Waals surface area contributed by atoms with Gasteiger partial charge in [-0.2, -0.15) is 0 Å². The van der Waals surface area contributed by atoms with Gasteiger partial charge >= 0.3 is 0 Å². The highest BCUT2D eigenvalue weighted by molar-refractivity contribution is 5.94. The zero-order valence-electron chi connectivity index (χ0n) is 13.0. The highest BCUT2D eigenvalue weighted by atomic mass is 16.5. The van der Waals surface area contributed by atoms with E-state index in [-0.39, 0.29) is 12.5 Å². The molecule has 0 aliphatic rings. The minimum absolute atomic E-state index is 0.0617. The Morgan fingerprint density at radius 3 is 2.71 bits per heavy atom. The minimum atomic E-state index is -0.185. The first-order valence-corrected chi connectivity index (χ1v) is 7.28. The van der Waals surface area contributed by atoms with Crippen LogP contribution >= 0.6 is 0 Å². The number of hydrogen-bond acceptors (Lipinski definition) is 4. The van der Waals surface area contributed by atoms with Gasteiger partial charge in [0.2, 0.25) is 0 Å². The van der Waals surface area contributed by atoms with Gasteiger partial charge in [0.1, 0.15) is 0 Å². The van der Waals surface area contributed by atoms with Crippen LogP contribution in [0.25, 0.3) is 0 Å². The summed E-state index contributed by atoms with van der Waals surface area (Å²) in [7, 11) is 1.55. The van der Waals surface area contributed by atoms with Crippen molar-refractivity contribution in [3.63, 3.8) is 0 Å². The van der Waals surface area contributed by atoms with E-state index in [1.54, 1.807) is 25.3 Å². The molecule has 0 radical (unpaired) electrons. The van der Waals surface area contributed by atoms with Gasteiger partial charge in [-0.25, -0.2) is 0 Å². The quantitative estimate of drug-likeness (QED) is 0.686. The molecule has 1 aromatic carbocycles. The van der Waals surface area contributed by atoms with Crippen molar-refractivity contribution < 1.29 is 19.4 Å². The summed E-state index contributed by atoms with van der Waals surface area (Å²) in [5, 5.41) is 11.4. The minimum Gasteiger partial charge on any atom is -0.493 e. The summed E-state index contributed by atoms with van der Waals surface area (Å²) < 4.78 is 11.0. The van der Waals surface area contributed by atoms with Gasteiger partial charge in [0.05, 0.1) is 13.7 Å². The molecule has 21 heavy (non-hydrogen) atoms. The topological polar surface area (TPSA) is 67.8 Å². The van der Waals surface area contributed by atoms with E-state index in [4.69, 9.17) is 14.6 Å². The Morgan fingerprint density at radius 2 is 2.10 bits per heavy atom. The van der Waals surface area contributed by atoms with Gasteiger partial charge in [0.25, 0.3) is 5.91 Å². The van der Waals surface area contributed by atoms with E-state index in [9.17, 15) is 4.79 Å². The molecule has 0 bridgehead atoms. The Labute approximate surface area is 126 Å². The van der Waals surface area contributed by atoms with Crippen molar-refractivity contribution >= 4 is 5.91 Å². The van der Waals surface area contributed by atoms with E-state index in [0.29, 0.717) is 42.6 Å². The number of carbonyl (C=O) groups is 1. The first-order chi connectivity index (χ1) is 10.1. The Kier molecular flexibility index (Phi) is 7.61. The lowest BCUT2D eigenvalue weighted by Crippen LogP contribution is -2.25. The molecule has 0 aliphatic heterocycles. The number of rotatable bonds is 9. The predicted octanol–water partition coefficient (Wildman–Crippen LogP) is 2.23. The predicted molar refractivity (Wildman–Crippen MR) is 82.0 cm³/mol. The number of methoxy groups -OCH3 is 1. The maximum atomic E-state index is 11.9. The van der Waals surface area contributed by atoms with E-state index < -0.39 is 0 Å². The average Bonchev–Trinajstić information content (AvgIpc) is 2.47. The largest absolute Gasteiger partial charge is 0.493 e. The lowest BCUT2D eigenvalue weighted by atomic mass is 10.1. The summed E-state index contributed by atoms with van der Waals surface area (Å²) in [6, 6.07) is 5.13. The normalized spacial score (nSPS) is 10.5. The van der Waals surface area contributed by atoms with Crippen molar-refractivity contribution in [2.45, 2.75) is 26.7 Å². The van der Waals surface area contributed by atoms with Gasteiger partial charge in [-0.1, -0.05) is 13.8 Å². The van der Waals surface area contributed by atoms with E-state index >= 15 is 0 Å². The van der Waals surface area contributed by atoms with Crippen molar-refractivity contribution in [3.05, 3.63) is 23.8 Å². The summed E-state index contributed by atoms with van der Waals surface area (Å²) in [5.74, 6) is 1.58. The summed E-state index contributed by atoms with van der Waals surface area (Å²) in [6.45, 7) is 5.41. The molecule has 0 unspecified atom stereocenters. The van der Waals surface area contributed by atoms with Crippen molar-refractivity contribution in [3.8, 4) is 11.5 Å². The zero-order valence-corrected chi connectivity index (χ0v) is 13.0. The Morgan fingerprint density at radius 1 is 1.33 bits per heavy atom. The molecule has 0 saturated heterocycles. The Balaban J connectivity index is 2.66. The molecule has 2 N–H and O–H groups in total. The van der Waals surface area contributed by atoms with Crippen molar-refractivity contribution in [1.29, 1.82) is 0 Å². The molecule has 0 saturated carbocycles. The fourth-order valence-corrected chi connectivity index (χ4v) is 1.72. The first-order valence-electron chi connectivity index (χ1n) is 7.28. The van der Waals surface area contributed by atoms with Crippen LogP contribution in [0.5, 0.6) is 11.5 Å². The highest BCUT2D eigenvalue weighted by Crippen LogP contribution is 2.28. The molecule has 0 fully saturated rings. The number of aliphatic hydroxyl groups excluding tert-OH is 1. The standard InChI is InChI=1S/C16H25NO4/c1-12(2)7-10-21-14-6-5-13(11-15(14)20-3)16(19)17-8-4-9-18/h5-6,11-12,18H,4,7-10H2,1-3H3,(H,17,19). The van der Waals surface area contributed by atoms with Gasteiger partial charge in [0.15, 0.2) is 11.5 Å². The molecule has 1 rings (SSSR count). The lowest BCUT2D eigenvalue weighted by molar-refractivity contribution is 0.0950. The second-order valence-electron chi connectivity index (χ2n) is 5.23. The third-order valence-electron chi connectivity index (χ3n) is 3.00. The van der Waals surface area contributed by atoms with Crippen LogP contribution in [-0.4, -0.2) is 37.9 Å². The number of hydrogen-bond donors (Lipinski definition) is 2. The molecule has 0 aromatic heterocycles. The Hall–Kier alpha value is -1.75. The van der Waals surface area contributed by atoms with Gasteiger partial charge in [0, 0.05) is 18.7 Å². The van der Waals surface area contributed by atoms with Gasteiger partial charge < -0.3 is 19.9 Å². The van der Waals surface area contributed by atoms with Crippen LogP contribution in [0.15, 0.2) is 18.2 Å². The Bertz CT molecular complexity index is 446. The van der Waals surface area contributed by atoms with Crippen LogP contribution in [-0.2, 0) is 0 Å². The lowest BCUT2D eigenvalue weighted by Gasteiger charge is -2.13. The van der Waals surface area contributed by atoms with E-state index in [2.05, 4.69) is 19.2 Å². The number of aliphatic hydroxyl groups is 1.